The minimum Gasteiger partial charge on any atom is -0.378 e. The molecule has 216 valence electrons. The Bertz CT molecular complexity index is 1110. The summed E-state index contributed by atoms with van der Waals surface area (Å²) in [7, 11) is 0. The summed E-state index contributed by atoms with van der Waals surface area (Å²) < 4.78 is 21.5. The first-order valence-electron chi connectivity index (χ1n) is 14.0. The zero-order chi connectivity index (χ0) is 28.3. The number of carbonyl (C=O) groups is 2. The second-order valence-electron chi connectivity index (χ2n) is 9.20. The molecule has 0 spiro atoms. The molecule has 0 aliphatic carbocycles. The second-order valence-corrected chi connectivity index (χ2v) is 9.20. The van der Waals surface area contributed by atoms with Crippen molar-refractivity contribution in [1.29, 1.82) is 0 Å². The summed E-state index contributed by atoms with van der Waals surface area (Å²) in [6.07, 6.45) is 2.02. The Morgan fingerprint density at radius 3 is 2.05 bits per heavy atom. The molecule has 1 aliphatic rings. The fourth-order valence-corrected chi connectivity index (χ4v) is 4.10. The standard InChI is InChI=1S/C31H41N3O6/c32-15-17-37-19-21-39-23-24-40-22-20-38-18-16-33-30(35)11-5-6-12-31(36)34-25-28-9-2-1-7-26(28)13-14-27-8-3-4-10-29(27)34/h1-4,7-10H,5-6,11-12,15-25,32H2,(H,33,35). The molecule has 40 heavy (non-hydrogen) atoms. The molecule has 0 aromatic heterocycles. The highest BCUT2D eigenvalue weighted by Gasteiger charge is 2.20. The Balaban J connectivity index is 1.24. The third-order valence-electron chi connectivity index (χ3n) is 6.16. The van der Waals surface area contributed by atoms with E-state index in [1.165, 1.54) is 0 Å². The average Bonchev–Trinajstić information content (AvgIpc) is 2.96. The molecule has 2 amide bonds. The van der Waals surface area contributed by atoms with Crippen molar-refractivity contribution in [3.8, 4) is 11.8 Å². The number of unbranched alkanes of at least 4 members (excludes halogenated alkanes) is 1. The third kappa shape index (κ3) is 11.5. The molecule has 2 aromatic rings. The quantitative estimate of drug-likeness (QED) is 0.204. The molecule has 0 bridgehead atoms. The maximum absolute atomic E-state index is 13.2. The van der Waals surface area contributed by atoms with Gasteiger partial charge in [0.05, 0.1) is 65.1 Å². The number of hydrogen-bond donors (Lipinski definition) is 2. The molecule has 1 aliphatic heterocycles. The summed E-state index contributed by atoms with van der Waals surface area (Å²) in [5.41, 5.74) is 8.97. The van der Waals surface area contributed by atoms with Gasteiger partial charge in [-0.2, -0.15) is 0 Å². The van der Waals surface area contributed by atoms with Gasteiger partial charge in [0, 0.05) is 37.1 Å². The van der Waals surface area contributed by atoms with Crippen LogP contribution < -0.4 is 16.0 Å². The van der Waals surface area contributed by atoms with Gasteiger partial charge in [0.25, 0.3) is 0 Å². The van der Waals surface area contributed by atoms with Crippen LogP contribution in [0, 0.1) is 11.8 Å². The van der Waals surface area contributed by atoms with Crippen molar-refractivity contribution in [1.82, 2.24) is 5.32 Å². The van der Waals surface area contributed by atoms with E-state index in [-0.39, 0.29) is 11.8 Å². The first-order chi connectivity index (χ1) is 19.7. The van der Waals surface area contributed by atoms with Gasteiger partial charge < -0.3 is 34.9 Å². The van der Waals surface area contributed by atoms with Crippen LogP contribution in [0.15, 0.2) is 48.5 Å². The lowest BCUT2D eigenvalue weighted by atomic mass is 10.0. The molecule has 0 unspecified atom stereocenters. The summed E-state index contributed by atoms with van der Waals surface area (Å²) >= 11 is 0. The normalized spacial score (nSPS) is 12.0. The molecule has 3 N–H and O–H groups in total. The minimum absolute atomic E-state index is 0.0325. The Morgan fingerprint density at radius 1 is 0.750 bits per heavy atom. The van der Waals surface area contributed by atoms with Crippen LogP contribution in [0.25, 0.3) is 0 Å². The largest absolute Gasteiger partial charge is 0.378 e. The van der Waals surface area contributed by atoms with Gasteiger partial charge >= 0.3 is 0 Å². The lowest BCUT2D eigenvalue weighted by Gasteiger charge is -2.26. The molecule has 0 radical (unpaired) electrons. The van der Waals surface area contributed by atoms with E-state index >= 15 is 0 Å². The van der Waals surface area contributed by atoms with Crippen molar-refractivity contribution in [3.05, 3.63) is 65.2 Å². The third-order valence-corrected chi connectivity index (χ3v) is 6.16. The van der Waals surface area contributed by atoms with Crippen LogP contribution in [0.5, 0.6) is 0 Å². The highest BCUT2D eigenvalue weighted by atomic mass is 16.6. The molecule has 0 saturated carbocycles. The maximum atomic E-state index is 13.2. The molecule has 1 heterocycles. The Kier molecular flexibility index (Phi) is 14.8. The van der Waals surface area contributed by atoms with Gasteiger partial charge in [-0.3, -0.25) is 9.59 Å². The summed E-state index contributed by atoms with van der Waals surface area (Å²) in [4.78, 5) is 27.2. The number of hydrogen-bond acceptors (Lipinski definition) is 7. The van der Waals surface area contributed by atoms with E-state index in [0.29, 0.717) is 98.2 Å². The fourth-order valence-electron chi connectivity index (χ4n) is 4.10. The van der Waals surface area contributed by atoms with Crippen molar-refractivity contribution >= 4 is 17.5 Å². The first-order valence-corrected chi connectivity index (χ1v) is 14.0. The van der Waals surface area contributed by atoms with Crippen LogP contribution in [0.1, 0.15) is 42.4 Å². The monoisotopic (exact) mass is 551 g/mol. The SMILES string of the molecule is NCCOCCOCCOCCOCCNC(=O)CCCCC(=O)N1Cc2ccccc2C#Cc2ccccc21. The number of fused-ring (bicyclic) bond motifs is 2. The zero-order valence-electron chi connectivity index (χ0n) is 23.2. The second kappa shape index (κ2) is 18.9. The van der Waals surface area contributed by atoms with Crippen LogP contribution in [0.2, 0.25) is 0 Å². The molecule has 0 atom stereocenters. The molecular weight excluding hydrogens is 510 g/mol. The number of nitrogens with zero attached hydrogens (tertiary/aromatic N) is 1. The fraction of sp³-hybridized carbons (Fsp3) is 0.484. The van der Waals surface area contributed by atoms with Crippen molar-refractivity contribution in [3.63, 3.8) is 0 Å². The number of amides is 2. The number of nitrogens with one attached hydrogen (secondary N) is 1. The van der Waals surface area contributed by atoms with Crippen LogP contribution in [0.4, 0.5) is 5.69 Å². The predicted molar refractivity (Wildman–Crippen MR) is 154 cm³/mol. The molecule has 9 nitrogen and oxygen atoms in total. The van der Waals surface area contributed by atoms with Crippen molar-refractivity contribution in [2.75, 3.05) is 70.8 Å². The van der Waals surface area contributed by atoms with E-state index in [4.69, 9.17) is 24.7 Å². The topological polar surface area (TPSA) is 112 Å². The molecule has 0 fully saturated rings. The van der Waals surface area contributed by atoms with Gasteiger partial charge in [-0.05, 0) is 36.6 Å². The first kappa shape index (κ1) is 31.3. The number of benzene rings is 2. The van der Waals surface area contributed by atoms with E-state index in [0.717, 1.165) is 22.4 Å². The molecule has 2 aromatic carbocycles. The van der Waals surface area contributed by atoms with Gasteiger partial charge in [0.15, 0.2) is 0 Å². The highest BCUT2D eigenvalue weighted by molar-refractivity contribution is 5.95. The van der Waals surface area contributed by atoms with Gasteiger partial charge in [-0.1, -0.05) is 42.2 Å². The van der Waals surface area contributed by atoms with Crippen molar-refractivity contribution in [2.24, 2.45) is 5.73 Å². The van der Waals surface area contributed by atoms with Crippen LogP contribution in [-0.2, 0) is 35.1 Å². The lowest BCUT2D eigenvalue weighted by molar-refractivity contribution is -0.122. The number of anilines is 1. The van der Waals surface area contributed by atoms with Gasteiger partial charge in [0.1, 0.15) is 0 Å². The van der Waals surface area contributed by atoms with Crippen LogP contribution in [0.3, 0.4) is 0 Å². The molecular formula is C31H41N3O6. The number of carbonyl (C=O) groups excluding carboxylic acids is 2. The van der Waals surface area contributed by atoms with Crippen LogP contribution >= 0.6 is 0 Å². The lowest BCUT2D eigenvalue weighted by Crippen LogP contribution is -2.31. The van der Waals surface area contributed by atoms with E-state index in [1.54, 1.807) is 0 Å². The molecule has 0 saturated heterocycles. The number of ether oxygens (including phenoxy) is 4. The number of para-hydroxylation sites is 1. The van der Waals surface area contributed by atoms with E-state index in [2.05, 4.69) is 17.2 Å². The summed E-state index contributed by atoms with van der Waals surface area (Å²) in [6, 6.07) is 15.7. The van der Waals surface area contributed by atoms with E-state index < -0.39 is 0 Å². The average molecular weight is 552 g/mol. The van der Waals surface area contributed by atoms with Gasteiger partial charge in [-0.15, -0.1) is 0 Å². The summed E-state index contributed by atoms with van der Waals surface area (Å²) in [6.45, 7) is 5.35. The molecule has 3 rings (SSSR count). The van der Waals surface area contributed by atoms with Crippen molar-refractivity contribution in [2.45, 2.75) is 32.2 Å². The van der Waals surface area contributed by atoms with Gasteiger partial charge in [0.2, 0.25) is 11.8 Å². The van der Waals surface area contributed by atoms with Crippen LogP contribution in [-0.4, -0.2) is 77.8 Å². The number of nitrogens with two attached hydrogens (primary N) is 1. The maximum Gasteiger partial charge on any atom is 0.227 e. The highest BCUT2D eigenvalue weighted by Crippen LogP contribution is 2.26. The minimum atomic E-state index is -0.0410. The van der Waals surface area contributed by atoms with Gasteiger partial charge in [-0.25, -0.2) is 0 Å². The van der Waals surface area contributed by atoms with E-state index in [1.807, 2.05) is 53.4 Å². The predicted octanol–water partition coefficient (Wildman–Crippen LogP) is 2.63. The zero-order valence-corrected chi connectivity index (χ0v) is 23.2. The van der Waals surface area contributed by atoms with Crippen molar-refractivity contribution < 1.29 is 28.5 Å². The Labute approximate surface area is 237 Å². The Hall–Kier alpha value is -3.26. The number of rotatable bonds is 19. The summed E-state index contributed by atoms with van der Waals surface area (Å²) in [5, 5.41) is 2.86. The van der Waals surface area contributed by atoms with E-state index in [9.17, 15) is 9.59 Å². The summed E-state index contributed by atoms with van der Waals surface area (Å²) in [5.74, 6) is 6.44. The molecule has 9 heteroatoms. The Morgan fingerprint density at radius 2 is 1.32 bits per heavy atom. The smallest absolute Gasteiger partial charge is 0.227 e.